The maximum absolute atomic E-state index is 12.3. The van der Waals surface area contributed by atoms with Gasteiger partial charge in [0.25, 0.3) is 5.91 Å². The Morgan fingerprint density at radius 1 is 1.15 bits per heavy atom. The number of amides is 1. The van der Waals surface area contributed by atoms with E-state index in [1.54, 1.807) is 24.3 Å². The van der Waals surface area contributed by atoms with Crippen LogP contribution < -0.4 is 5.32 Å². The molecule has 5 nitrogen and oxygen atoms in total. The molecule has 3 aromatic rings. The van der Waals surface area contributed by atoms with Gasteiger partial charge in [0.05, 0.1) is 12.1 Å². The molecule has 1 heterocycles. The Bertz CT molecular complexity index is 926. The van der Waals surface area contributed by atoms with Crippen molar-refractivity contribution in [3.05, 3.63) is 70.6 Å². The summed E-state index contributed by atoms with van der Waals surface area (Å²) in [6, 6.07) is 16.6. The summed E-state index contributed by atoms with van der Waals surface area (Å²) in [5.41, 5.74) is 2.52. The zero-order chi connectivity index (χ0) is 19.2. The van der Waals surface area contributed by atoms with Crippen molar-refractivity contribution in [1.29, 1.82) is 0 Å². The summed E-state index contributed by atoms with van der Waals surface area (Å²) >= 11 is 7.13. The van der Waals surface area contributed by atoms with Gasteiger partial charge in [-0.25, -0.2) is 4.98 Å². The van der Waals surface area contributed by atoms with E-state index in [2.05, 4.69) is 10.3 Å². The molecule has 0 aliphatic heterocycles. The van der Waals surface area contributed by atoms with E-state index in [1.807, 2.05) is 35.7 Å². The molecule has 0 fully saturated rings. The molecule has 3 rings (SSSR count). The van der Waals surface area contributed by atoms with Crippen LogP contribution in [0.2, 0.25) is 5.02 Å². The summed E-state index contributed by atoms with van der Waals surface area (Å²) in [7, 11) is 0. The minimum atomic E-state index is -0.922. The summed E-state index contributed by atoms with van der Waals surface area (Å²) in [6.45, 7) is 1.53. The van der Waals surface area contributed by atoms with Gasteiger partial charge in [-0.1, -0.05) is 54.1 Å². The van der Waals surface area contributed by atoms with Gasteiger partial charge in [0.2, 0.25) is 0 Å². The summed E-state index contributed by atoms with van der Waals surface area (Å²) in [4.78, 5) is 28.6. The van der Waals surface area contributed by atoms with Crippen molar-refractivity contribution in [2.45, 2.75) is 19.4 Å². The number of nitrogens with zero attached hydrogens (tertiary/aromatic N) is 1. The molecule has 0 aliphatic carbocycles. The van der Waals surface area contributed by atoms with Crippen LogP contribution >= 0.6 is 22.9 Å². The van der Waals surface area contributed by atoms with Gasteiger partial charge in [-0.3, -0.25) is 14.9 Å². The number of carbonyl (C=O) groups excluding carboxylic acids is 2. The molecule has 7 heteroatoms. The third-order valence-electron chi connectivity index (χ3n) is 3.74. The second-order valence-electron chi connectivity index (χ2n) is 5.83. The van der Waals surface area contributed by atoms with Crippen LogP contribution in [0.25, 0.3) is 11.3 Å². The second-order valence-corrected chi connectivity index (χ2v) is 7.12. The summed E-state index contributed by atoms with van der Waals surface area (Å²) in [6.07, 6.45) is -0.849. The van der Waals surface area contributed by atoms with Crippen molar-refractivity contribution >= 4 is 39.9 Å². The first-order chi connectivity index (χ1) is 13.0. The number of carbonyl (C=O) groups is 2. The van der Waals surface area contributed by atoms with Crippen molar-refractivity contribution in [3.8, 4) is 11.3 Å². The largest absolute Gasteiger partial charge is 0.452 e. The van der Waals surface area contributed by atoms with Gasteiger partial charge in [-0.2, -0.15) is 0 Å². The van der Waals surface area contributed by atoms with Crippen molar-refractivity contribution in [2.75, 3.05) is 5.32 Å². The number of ether oxygens (including phenoxy) is 1. The number of benzene rings is 2. The van der Waals surface area contributed by atoms with Crippen molar-refractivity contribution in [3.63, 3.8) is 0 Å². The summed E-state index contributed by atoms with van der Waals surface area (Å²) < 4.78 is 5.20. The monoisotopic (exact) mass is 400 g/mol. The van der Waals surface area contributed by atoms with Crippen molar-refractivity contribution < 1.29 is 14.3 Å². The maximum Gasteiger partial charge on any atom is 0.311 e. The quantitative estimate of drug-likeness (QED) is 0.615. The van der Waals surface area contributed by atoms with Gasteiger partial charge in [-0.15, -0.1) is 11.3 Å². The van der Waals surface area contributed by atoms with E-state index in [0.29, 0.717) is 10.2 Å². The van der Waals surface area contributed by atoms with Crippen LogP contribution in [0.15, 0.2) is 60.0 Å². The number of hydrogen-bond acceptors (Lipinski definition) is 5. The molecule has 1 N–H and O–H groups in total. The van der Waals surface area contributed by atoms with Crippen LogP contribution in [0.1, 0.15) is 12.5 Å². The summed E-state index contributed by atoms with van der Waals surface area (Å²) in [5.74, 6) is -0.905. The first kappa shape index (κ1) is 19.1. The highest BCUT2D eigenvalue weighted by Gasteiger charge is 2.19. The highest BCUT2D eigenvalue weighted by Crippen LogP contribution is 2.24. The molecule has 1 amide bonds. The van der Waals surface area contributed by atoms with Crippen LogP contribution in [0.5, 0.6) is 0 Å². The maximum atomic E-state index is 12.3. The molecule has 0 saturated carbocycles. The van der Waals surface area contributed by atoms with E-state index in [1.165, 1.54) is 18.3 Å². The van der Waals surface area contributed by atoms with Gasteiger partial charge in [0.15, 0.2) is 11.2 Å². The lowest BCUT2D eigenvalue weighted by Gasteiger charge is -2.12. The normalized spacial score (nSPS) is 11.6. The van der Waals surface area contributed by atoms with E-state index < -0.39 is 18.0 Å². The number of rotatable bonds is 6. The van der Waals surface area contributed by atoms with Crippen LogP contribution in [-0.2, 0) is 20.7 Å². The Balaban J connectivity index is 1.54. The molecule has 0 radical (unpaired) electrons. The van der Waals surface area contributed by atoms with Crippen molar-refractivity contribution in [2.24, 2.45) is 0 Å². The Morgan fingerprint density at radius 2 is 1.85 bits per heavy atom. The molecule has 1 aromatic heterocycles. The van der Waals surface area contributed by atoms with Gasteiger partial charge < -0.3 is 4.74 Å². The third-order valence-corrected chi connectivity index (χ3v) is 4.75. The fraction of sp³-hybridized carbons (Fsp3) is 0.150. The second kappa shape index (κ2) is 8.79. The van der Waals surface area contributed by atoms with E-state index >= 15 is 0 Å². The van der Waals surface area contributed by atoms with Crippen LogP contribution in [0, 0.1) is 0 Å². The molecular formula is C20H17ClN2O3S. The van der Waals surface area contributed by atoms with Crippen LogP contribution in [0.4, 0.5) is 5.13 Å². The Hall–Kier alpha value is -2.70. The zero-order valence-corrected chi connectivity index (χ0v) is 16.1. The predicted octanol–water partition coefficient (Wildman–Crippen LogP) is 4.58. The molecule has 2 aromatic carbocycles. The molecule has 27 heavy (non-hydrogen) atoms. The number of halogens is 1. The first-order valence-corrected chi connectivity index (χ1v) is 9.53. The molecule has 138 valence electrons. The van der Waals surface area contributed by atoms with E-state index in [9.17, 15) is 9.59 Å². The number of aromatic nitrogens is 1. The highest BCUT2D eigenvalue weighted by atomic mass is 35.5. The Kier molecular flexibility index (Phi) is 6.21. The zero-order valence-electron chi connectivity index (χ0n) is 14.5. The number of nitrogens with one attached hydrogen (secondary N) is 1. The standard InChI is InChI=1S/C20H17ClN2O3S/c1-13(26-18(24)11-14-7-9-16(21)10-8-14)19(25)23-20-22-17(12-27-20)15-5-3-2-4-6-15/h2-10,12-13H,11H2,1H3,(H,22,23,25)/t13-/m0/s1. The molecule has 0 unspecified atom stereocenters. The molecule has 0 saturated heterocycles. The minimum Gasteiger partial charge on any atom is -0.452 e. The molecule has 0 bridgehead atoms. The number of anilines is 1. The van der Waals surface area contributed by atoms with Gasteiger partial charge >= 0.3 is 5.97 Å². The van der Waals surface area contributed by atoms with Crippen molar-refractivity contribution in [1.82, 2.24) is 4.98 Å². The summed E-state index contributed by atoms with van der Waals surface area (Å²) in [5, 5.41) is 5.60. The van der Waals surface area contributed by atoms with E-state index in [-0.39, 0.29) is 6.42 Å². The topological polar surface area (TPSA) is 68.3 Å². The smallest absolute Gasteiger partial charge is 0.311 e. The average Bonchev–Trinajstić information content (AvgIpc) is 3.12. The predicted molar refractivity (Wildman–Crippen MR) is 107 cm³/mol. The van der Waals surface area contributed by atoms with Crippen LogP contribution in [0.3, 0.4) is 0 Å². The van der Waals surface area contributed by atoms with Gasteiger partial charge in [0.1, 0.15) is 0 Å². The highest BCUT2D eigenvalue weighted by molar-refractivity contribution is 7.14. The fourth-order valence-corrected chi connectivity index (χ4v) is 3.19. The van der Waals surface area contributed by atoms with Gasteiger partial charge in [0, 0.05) is 16.0 Å². The number of hydrogen-bond donors (Lipinski definition) is 1. The number of thiazole rings is 1. The molecule has 0 aliphatic rings. The molecular weight excluding hydrogens is 384 g/mol. The lowest BCUT2D eigenvalue weighted by atomic mass is 10.1. The van der Waals surface area contributed by atoms with Crippen LogP contribution in [-0.4, -0.2) is 23.0 Å². The first-order valence-electron chi connectivity index (χ1n) is 8.27. The lowest BCUT2D eigenvalue weighted by Crippen LogP contribution is -2.30. The van der Waals surface area contributed by atoms with E-state index in [0.717, 1.165) is 16.8 Å². The lowest BCUT2D eigenvalue weighted by molar-refractivity contribution is -0.152. The molecule has 1 atom stereocenters. The third kappa shape index (κ3) is 5.39. The SMILES string of the molecule is C[C@H](OC(=O)Cc1ccc(Cl)cc1)C(=O)Nc1nc(-c2ccccc2)cs1. The van der Waals surface area contributed by atoms with Gasteiger partial charge in [-0.05, 0) is 24.6 Å². The fourth-order valence-electron chi connectivity index (χ4n) is 2.34. The molecule has 0 spiro atoms. The Labute approximate surface area is 166 Å². The Morgan fingerprint density at radius 3 is 2.56 bits per heavy atom. The van der Waals surface area contributed by atoms with E-state index in [4.69, 9.17) is 16.3 Å². The average molecular weight is 401 g/mol. The number of esters is 1. The minimum absolute atomic E-state index is 0.0736.